The standard InChI is InChI=1S/C29H30N2O5/c1-4-19-7-5-6-8-25(19)30-16-20(15-26(30)32)29(35)36-21-10-12-24(18(3)14-21)31-27(33)22-11-9-17(2)13-23(22)28(31)34/h5-10,12,14,20,22-23H,4,11,13,15-16H2,1-3H3/t20-,22+,23+/m1/s1. The van der Waals surface area contributed by atoms with E-state index in [1.54, 1.807) is 30.0 Å². The summed E-state index contributed by atoms with van der Waals surface area (Å²) in [6.07, 6.45) is 4.13. The van der Waals surface area contributed by atoms with Crippen LogP contribution in [0.15, 0.2) is 54.1 Å². The SMILES string of the molecule is CCc1ccccc1N1C[C@H](C(=O)Oc2ccc(N3C(=O)[C@H]4CC=C(C)C[C@@H]4C3=O)c(C)c2)CC1=O. The van der Waals surface area contributed by atoms with Crippen LogP contribution < -0.4 is 14.5 Å². The number of ether oxygens (including phenoxy) is 1. The number of benzene rings is 2. The highest BCUT2D eigenvalue weighted by Crippen LogP contribution is 2.41. The van der Waals surface area contributed by atoms with Crippen LogP contribution in [0.3, 0.4) is 0 Å². The van der Waals surface area contributed by atoms with Gasteiger partial charge in [0, 0.05) is 18.7 Å². The molecule has 2 aliphatic heterocycles. The van der Waals surface area contributed by atoms with E-state index >= 15 is 0 Å². The van der Waals surface area contributed by atoms with E-state index in [0.29, 0.717) is 29.8 Å². The summed E-state index contributed by atoms with van der Waals surface area (Å²) < 4.78 is 5.63. The lowest BCUT2D eigenvalue weighted by molar-refractivity contribution is -0.139. The summed E-state index contributed by atoms with van der Waals surface area (Å²) >= 11 is 0. The van der Waals surface area contributed by atoms with Crippen molar-refractivity contribution in [3.8, 4) is 5.75 Å². The Hall–Kier alpha value is -3.74. The first kappa shape index (κ1) is 24.0. The Balaban J connectivity index is 1.29. The molecule has 3 atom stereocenters. The van der Waals surface area contributed by atoms with Gasteiger partial charge in [0.1, 0.15) is 5.75 Å². The van der Waals surface area contributed by atoms with Gasteiger partial charge in [-0.15, -0.1) is 0 Å². The summed E-state index contributed by atoms with van der Waals surface area (Å²) in [4.78, 5) is 54.7. The minimum absolute atomic E-state index is 0.0957. The molecule has 2 aromatic carbocycles. The van der Waals surface area contributed by atoms with Crippen LogP contribution >= 0.6 is 0 Å². The Morgan fingerprint density at radius 3 is 2.47 bits per heavy atom. The Morgan fingerprint density at radius 1 is 0.972 bits per heavy atom. The smallest absolute Gasteiger partial charge is 0.316 e. The largest absolute Gasteiger partial charge is 0.426 e. The fraction of sp³-hybridized carbons (Fsp3) is 0.379. The number of carbonyl (C=O) groups excluding carboxylic acids is 4. The van der Waals surface area contributed by atoms with Crippen LogP contribution in [-0.4, -0.2) is 30.2 Å². The summed E-state index contributed by atoms with van der Waals surface area (Å²) in [6.45, 7) is 6.09. The molecule has 0 N–H and O–H groups in total. The zero-order valence-electron chi connectivity index (χ0n) is 20.8. The average molecular weight is 487 g/mol. The number of anilines is 2. The number of carbonyl (C=O) groups is 4. The number of aryl methyl sites for hydroxylation is 2. The van der Waals surface area contributed by atoms with E-state index in [0.717, 1.165) is 23.2 Å². The molecule has 7 heteroatoms. The van der Waals surface area contributed by atoms with E-state index in [4.69, 9.17) is 4.74 Å². The van der Waals surface area contributed by atoms with Crippen molar-refractivity contribution >= 4 is 35.1 Å². The molecule has 2 fully saturated rings. The minimum atomic E-state index is -0.567. The molecule has 2 aromatic rings. The van der Waals surface area contributed by atoms with Gasteiger partial charge in [0.05, 0.1) is 23.4 Å². The maximum Gasteiger partial charge on any atom is 0.316 e. The van der Waals surface area contributed by atoms with E-state index in [9.17, 15) is 19.2 Å². The number of nitrogens with zero attached hydrogens (tertiary/aromatic N) is 2. The molecular weight excluding hydrogens is 456 g/mol. The van der Waals surface area contributed by atoms with Gasteiger partial charge in [-0.25, -0.2) is 4.90 Å². The summed E-state index contributed by atoms with van der Waals surface area (Å²) in [5.74, 6) is -1.74. The van der Waals surface area contributed by atoms with Crippen molar-refractivity contribution in [1.29, 1.82) is 0 Å². The van der Waals surface area contributed by atoms with Crippen molar-refractivity contribution < 1.29 is 23.9 Å². The molecule has 0 bridgehead atoms. The fourth-order valence-electron chi connectivity index (χ4n) is 5.59. The molecule has 7 nitrogen and oxygen atoms in total. The van der Waals surface area contributed by atoms with Crippen molar-refractivity contribution in [2.75, 3.05) is 16.3 Å². The van der Waals surface area contributed by atoms with Gasteiger partial charge in [-0.2, -0.15) is 0 Å². The molecule has 36 heavy (non-hydrogen) atoms. The highest BCUT2D eigenvalue weighted by atomic mass is 16.5. The van der Waals surface area contributed by atoms with Crippen LogP contribution in [0.1, 0.15) is 44.2 Å². The topological polar surface area (TPSA) is 84.0 Å². The molecule has 3 amide bonds. The van der Waals surface area contributed by atoms with E-state index in [2.05, 4.69) is 0 Å². The Morgan fingerprint density at radius 2 is 1.72 bits per heavy atom. The van der Waals surface area contributed by atoms with Crippen molar-refractivity contribution in [3.63, 3.8) is 0 Å². The second-order valence-electron chi connectivity index (χ2n) is 9.97. The molecule has 2 heterocycles. The monoisotopic (exact) mass is 486 g/mol. The van der Waals surface area contributed by atoms with Crippen LogP contribution in [0.4, 0.5) is 11.4 Å². The molecule has 0 spiro atoms. The Labute approximate surface area is 210 Å². The van der Waals surface area contributed by atoms with Crippen molar-refractivity contribution in [1.82, 2.24) is 0 Å². The predicted octanol–water partition coefficient (Wildman–Crippen LogP) is 4.36. The van der Waals surface area contributed by atoms with Crippen LogP contribution in [0, 0.1) is 24.7 Å². The van der Waals surface area contributed by atoms with Gasteiger partial charge in [0.25, 0.3) is 0 Å². The lowest BCUT2D eigenvalue weighted by atomic mass is 9.82. The second-order valence-corrected chi connectivity index (χ2v) is 9.97. The summed E-state index contributed by atoms with van der Waals surface area (Å²) in [5, 5.41) is 0. The molecule has 0 unspecified atom stereocenters. The van der Waals surface area contributed by atoms with Gasteiger partial charge in [-0.3, -0.25) is 19.2 Å². The lowest BCUT2D eigenvalue weighted by Crippen LogP contribution is -2.31. The molecule has 0 saturated carbocycles. The molecule has 0 radical (unpaired) electrons. The van der Waals surface area contributed by atoms with E-state index < -0.39 is 11.9 Å². The van der Waals surface area contributed by atoms with Crippen LogP contribution in [0.5, 0.6) is 5.75 Å². The van der Waals surface area contributed by atoms with Gasteiger partial charge in [-0.1, -0.05) is 36.8 Å². The summed E-state index contributed by atoms with van der Waals surface area (Å²) in [6, 6.07) is 12.7. The van der Waals surface area contributed by atoms with Gasteiger partial charge >= 0.3 is 5.97 Å². The van der Waals surface area contributed by atoms with Crippen molar-refractivity contribution in [3.05, 3.63) is 65.2 Å². The number of hydrogen-bond acceptors (Lipinski definition) is 5. The third-order valence-electron chi connectivity index (χ3n) is 7.57. The van der Waals surface area contributed by atoms with E-state index in [-0.39, 0.29) is 42.5 Å². The first-order valence-corrected chi connectivity index (χ1v) is 12.5. The number of fused-ring (bicyclic) bond motifs is 1. The summed E-state index contributed by atoms with van der Waals surface area (Å²) in [5.41, 5.74) is 4.23. The molecule has 5 rings (SSSR count). The third-order valence-corrected chi connectivity index (χ3v) is 7.57. The first-order chi connectivity index (χ1) is 17.3. The Bertz CT molecular complexity index is 1300. The predicted molar refractivity (Wildman–Crippen MR) is 136 cm³/mol. The number of para-hydroxylation sites is 1. The Kier molecular flexibility index (Phi) is 6.24. The molecule has 186 valence electrons. The fourth-order valence-corrected chi connectivity index (χ4v) is 5.59. The number of imide groups is 1. The normalized spacial score (nSPS) is 23.7. The second kappa shape index (κ2) is 9.37. The summed E-state index contributed by atoms with van der Waals surface area (Å²) in [7, 11) is 0. The van der Waals surface area contributed by atoms with Gasteiger partial charge in [0.15, 0.2) is 0 Å². The molecular formula is C29H30N2O5. The number of rotatable bonds is 5. The quantitative estimate of drug-likeness (QED) is 0.271. The molecule has 1 aliphatic carbocycles. The molecule has 0 aromatic heterocycles. The third kappa shape index (κ3) is 4.12. The number of amides is 3. The molecule has 3 aliphatic rings. The first-order valence-electron chi connectivity index (χ1n) is 12.5. The van der Waals surface area contributed by atoms with Crippen LogP contribution in [-0.2, 0) is 25.6 Å². The highest BCUT2D eigenvalue weighted by molar-refractivity contribution is 6.22. The van der Waals surface area contributed by atoms with E-state index in [1.165, 1.54) is 4.90 Å². The number of hydrogen-bond donors (Lipinski definition) is 0. The van der Waals surface area contributed by atoms with Gasteiger partial charge < -0.3 is 9.64 Å². The van der Waals surface area contributed by atoms with Crippen molar-refractivity contribution in [2.24, 2.45) is 17.8 Å². The average Bonchev–Trinajstić information content (AvgIpc) is 3.36. The van der Waals surface area contributed by atoms with Crippen molar-refractivity contribution in [2.45, 2.75) is 46.5 Å². The molecule has 2 saturated heterocycles. The number of esters is 1. The lowest BCUT2D eigenvalue weighted by Gasteiger charge is -2.20. The van der Waals surface area contributed by atoms with Crippen LogP contribution in [0.25, 0.3) is 0 Å². The van der Waals surface area contributed by atoms with Gasteiger partial charge in [-0.05, 0) is 68.5 Å². The zero-order chi connectivity index (χ0) is 25.6. The van der Waals surface area contributed by atoms with Gasteiger partial charge in [0.2, 0.25) is 17.7 Å². The zero-order valence-corrected chi connectivity index (χ0v) is 20.8. The van der Waals surface area contributed by atoms with Crippen LogP contribution in [0.2, 0.25) is 0 Å². The maximum atomic E-state index is 13.1. The number of allylic oxidation sites excluding steroid dienone is 2. The van der Waals surface area contributed by atoms with E-state index in [1.807, 2.05) is 44.2 Å². The minimum Gasteiger partial charge on any atom is -0.426 e. The highest BCUT2D eigenvalue weighted by Gasteiger charge is 2.49. The maximum absolute atomic E-state index is 13.1.